The summed E-state index contributed by atoms with van der Waals surface area (Å²) in [5, 5.41) is 6.05. The summed E-state index contributed by atoms with van der Waals surface area (Å²) in [7, 11) is -1.67. The number of aryl methyl sites for hydroxylation is 1. The van der Waals surface area contributed by atoms with E-state index in [9.17, 15) is 9.59 Å². The van der Waals surface area contributed by atoms with E-state index in [4.69, 9.17) is 0 Å². The Bertz CT molecular complexity index is 1030. The van der Waals surface area contributed by atoms with Gasteiger partial charge >= 0.3 is 6.03 Å². The molecule has 1 fully saturated rings. The van der Waals surface area contributed by atoms with Crippen molar-refractivity contribution in [1.82, 2.24) is 10.2 Å². The average Bonchev–Trinajstić information content (AvgIpc) is 3.14. The number of benzene rings is 1. The van der Waals surface area contributed by atoms with E-state index in [2.05, 4.69) is 65.0 Å². The molecule has 3 amide bonds. The third-order valence-electron chi connectivity index (χ3n) is 7.78. The fraction of sp³-hybridized carbons (Fsp3) is 0.542. The van der Waals surface area contributed by atoms with Crippen molar-refractivity contribution in [3.63, 3.8) is 0 Å². The van der Waals surface area contributed by atoms with Crippen molar-refractivity contribution in [2.75, 3.05) is 18.4 Å². The molecule has 4 rings (SSSR count). The molecule has 0 bridgehead atoms. The van der Waals surface area contributed by atoms with Crippen molar-refractivity contribution >= 4 is 47.5 Å². The normalized spacial score (nSPS) is 21.1. The number of carbonyl (C=O) groups excluding carboxylic acids is 2. The molecule has 2 N–H and O–H groups in total. The van der Waals surface area contributed by atoms with Gasteiger partial charge < -0.3 is 15.5 Å². The Kier molecular flexibility index (Phi) is 5.69. The highest BCUT2D eigenvalue weighted by molar-refractivity contribution is 9.10. The summed E-state index contributed by atoms with van der Waals surface area (Å²) in [6.07, 6.45) is 3.06. The van der Waals surface area contributed by atoms with Crippen LogP contribution in [0, 0.1) is 6.92 Å². The molecule has 0 unspecified atom stereocenters. The molecule has 0 aromatic heterocycles. The highest BCUT2D eigenvalue weighted by Gasteiger charge is 2.54. The third-order valence-corrected chi connectivity index (χ3v) is 12.0. The molecule has 6 nitrogen and oxygen atoms in total. The topological polar surface area (TPSA) is 73.8 Å². The molecule has 3 aliphatic rings. The molecule has 0 radical (unpaired) electrons. The first kappa shape index (κ1) is 23.2. The first-order chi connectivity index (χ1) is 14.9. The van der Waals surface area contributed by atoms with Crippen LogP contribution in [0.5, 0.6) is 0 Å². The lowest BCUT2D eigenvalue weighted by Crippen LogP contribution is -2.55. The van der Waals surface area contributed by atoms with Crippen LogP contribution in [0.4, 0.5) is 10.5 Å². The van der Waals surface area contributed by atoms with Gasteiger partial charge in [0.25, 0.3) is 0 Å². The van der Waals surface area contributed by atoms with Gasteiger partial charge in [0.2, 0.25) is 5.91 Å². The molecule has 0 atom stereocenters. The number of nitrogens with zero attached hydrogens (tertiary/aromatic N) is 2. The summed E-state index contributed by atoms with van der Waals surface area (Å²) < 4.78 is 0.856. The monoisotopic (exact) mass is 516 g/mol. The maximum atomic E-state index is 13.4. The molecule has 0 saturated heterocycles. The lowest BCUT2D eigenvalue weighted by molar-refractivity contribution is -0.125. The summed E-state index contributed by atoms with van der Waals surface area (Å²) >= 11 is 3.54. The molecule has 172 valence electrons. The van der Waals surface area contributed by atoms with E-state index in [1.807, 2.05) is 30.0 Å². The number of hydrogen-bond donors (Lipinski definition) is 2. The van der Waals surface area contributed by atoms with E-state index in [1.165, 1.54) is 0 Å². The van der Waals surface area contributed by atoms with Crippen LogP contribution in [-0.4, -0.2) is 49.4 Å². The molecule has 2 aliphatic heterocycles. The molecule has 2 heterocycles. The van der Waals surface area contributed by atoms with Gasteiger partial charge in [-0.15, -0.1) is 0 Å². The summed E-state index contributed by atoms with van der Waals surface area (Å²) in [6, 6.07) is 5.70. The van der Waals surface area contributed by atoms with Crippen LogP contribution >= 0.6 is 15.9 Å². The van der Waals surface area contributed by atoms with Crippen LogP contribution in [0.2, 0.25) is 24.7 Å². The minimum Gasteiger partial charge on any atom is -0.311 e. The quantitative estimate of drug-likeness (QED) is 0.522. The Balaban J connectivity index is 1.52. The van der Waals surface area contributed by atoms with Crippen molar-refractivity contribution in [3.05, 3.63) is 39.4 Å². The molecule has 1 saturated carbocycles. The van der Waals surface area contributed by atoms with Gasteiger partial charge in [-0.3, -0.25) is 9.79 Å². The fourth-order valence-corrected chi connectivity index (χ4v) is 8.39. The molecule has 1 aromatic carbocycles. The first-order valence-corrected chi connectivity index (χ1v) is 15.6. The van der Waals surface area contributed by atoms with Crippen LogP contribution < -0.4 is 10.6 Å². The fourth-order valence-electron chi connectivity index (χ4n) is 5.22. The number of hydrogen-bond acceptors (Lipinski definition) is 3. The van der Waals surface area contributed by atoms with Gasteiger partial charge in [-0.25, -0.2) is 4.79 Å². The zero-order valence-electron chi connectivity index (χ0n) is 19.9. The van der Waals surface area contributed by atoms with E-state index in [0.717, 1.165) is 46.1 Å². The summed E-state index contributed by atoms with van der Waals surface area (Å²) in [4.78, 5) is 33.2. The highest BCUT2D eigenvalue weighted by atomic mass is 79.9. The van der Waals surface area contributed by atoms with Crippen molar-refractivity contribution < 1.29 is 9.59 Å². The standard InChI is InChI=1S/C24H33BrN4O2Si/c1-15-9-7-10-18(25)19(15)27-22(31)29-14-16-17(23(29,2)3)13-26-20(16)28-21(30)24(11-8-12-24)32(4,5)6/h7,9-10H,8,11-14H2,1-6H3,(H,27,31)(H,26,28,30). The van der Waals surface area contributed by atoms with Gasteiger partial charge in [0.1, 0.15) is 5.84 Å². The number of amidine groups is 1. The van der Waals surface area contributed by atoms with Gasteiger partial charge in [-0.05, 0) is 66.7 Å². The molecule has 1 aliphatic carbocycles. The van der Waals surface area contributed by atoms with Crippen molar-refractivity contribution in [2.24, 2.45) is 4.99 Å². The van der Waals surface area contributed by atoms with E-state index < -0.39 is 13.6 Å². The molecule has 8 heteroatoms. The maximum absolute atomic E-state index is 13.4. The van der Waals surface area contributed by atoms with Crippen molar-refractivity contribution in [3.8, 4) is 0 Å². The second-order valence-corrected chi connectivity index (χ2v) is 17.1. The Morgan fingerprint density at radius 1 is 1.16 bits per heavy atom. The lowest BCUT2D eigenvalue weighted by Gasteiger charge is -2.49. The van der Waals surface area contributed by atoms with E-state index in [-0.39, 0.29) is 17.0 Å². The largest absolute Gasteiger partial charge is 0.322 e. The molecule has 1 aromatic rings. The van der Waals surface area contributed by atoms with Crippen LogP contribution in [0.3, 0.4) is 0 Å². The number of rotatable bonds is 3. The number of carbonyl (C=O) groups is 2. The van der Waals surface area contributed by atoms with Gasteiger partial charge in [-0.1, -0.05) is 38.2 Å². The number of nitrogens with one attached hydrogen (secondary N) is 2. The number of para-hydroxylation sites is 1. The van der Waals surface area contributed by atoms with Crippen LogP contribution in [0.15, 0.2) is 38.8 Å². The lowest BCUT2D eigenvalue weighted by atomic mass is 9.83. The first-order valence-electron chi connectivity index (χ1n) is 11.3. The Morgan fingerprint density at radius 2 is 1.84 bits per heavy atom. The summed E-state index contributed by atoms with van der Waals surface area (Å²) in [6.45, 7) is 13.9. The number of anilines is 1. The highest BCUT2D eigenvalue weighted by Crippen LogP contribution is 2.55. The van der Waals surface area contributed by atoms with Gasteiger partial charge in [-0.2, -0.15) is 0 Å². The Hall–Kier alpha value is -1.93. The zero-order valence-corrected chi connectivity index (χ0v) is 22.4. The molecular weight excluding hydrogens is 484 g/mol. The van der Waals surface area contributed by atoms with Crippen molar-refractivity contribution in [2.45, 2.75) is 70.3 Å². The SMILES string of the molecule is Cc1cccc(Br)c1NC(=O)N1CC2=C(CN=C2NC(=O)C2([Si](C)(C)C)CCC2)C1(C)C. The van der Waals surface area contributed by atoms with E-state index in [0.29, 0.717) is 18.9 Å². The zero-order chi connectivity index (χ0) is 23.5. The van der Waals surface area contributed by atoms with Gasteiger partial charge in [0.15, 0.2) is 0 Å². The maximum Gasteiger partial charge on any atom is 0.322 e. The van der Waals surface area contributed by atoms with Crippen LogP contribution in [-0.2, 0) is 4.79 Å². The Labute approximate surface area is 200 Å². The van der Waals surface area contributed by atoms with Crippen LogP contribution in [0.1, 0.15) is 38.7 Å². The number of halogens is 1. The van der Waals surface area contributed by atoms with Crippen molar-refractivity contribution in [1.29, 1.82) is 0 Å². The summed E-state index contributed by atoms with van der Waals surface area (Å²) in [5.74, 6) is 0.787. The smallest absolute Gasteiger partial charge is 0.311 e. The number of amides is 3. The minimum absolute atomic E-state index is 0.125. The minimum atomic E-state index is -1.67. The van der Waals surface area contributed by atoms with Gasteiger partial charge in [0.05, 0.1) is 32.4 Å². The molecular formula is C24H33BrN4O2Si. The van der Waals surface area contributed by atoms with Gasteiger partial charge in [0, 0.05) is 15.1 Å². The van der Waals surface area contributed by atoms with E-state index in [1.54, 1.807) is 0 Å². The Morgan fingerprint density at radius 3 is 2.41 bits per heavy atom. The third kappa shape index (κ3) is 3.55. The van der Waals surface area contributed by atoms with E-state index >= 15 is 0 Å². The van der Waals surface area contributed by atoms with Crippen LogP contribution in [0.25, 0.3) is 0 Å². The second kappa shape index (κ2) is 7.83. The average molecular weight is 518 g/mol. The molecule has 32 heavy (non-hydrogen) atoms. The second-order valence-electron chi connectivity index (χ2n) is 10.8. The summed E-state index contributed by atoms with van der Waals surface area (Å²) in [5.41, 5.74) is 3.41. The number of aliphatic imine (C=N–C) groups is 1. The predicted molar refractivity (Wildman–Crippen MR) is 136 cm³/mol. The predicted octanol–water partition coefficient (Wildman–Crippen LogP) is 5.47. The number of urea groups is 1. The molecule has 0 spiro atoms.